The molecule has 398 valence electrons. The molecule has 0 amide bonds. The molecule has 0 aliphatic carbocycles. The number of hydrogen-bond donors (Lipinski definition) is 0. The summed E-state index contributed by atoms with van der Waals surface area (Å²) in [5, 5.41) is 0. The van der Waals surface area contributed by atoms with Crippen molar-refractivity contribution in [1.29, 1.82) is 0 Å². The maximum Gasteiger partial charge on any atom is 0.306 e. The number of ether oxygens (including phenoxy) is 3. The van der Waals surface area contributed by atoms with Crippen molar-refractivity contribution in [3.8, 4) is 0 Å². The highest BCUT2D eigenvalue weighted by Crippen LogP contribution is 2.13. The zero-order valence-corrected chi connectivity index (χ0v) is 45.4. The number of rotatable bonds is 49. The fraction of sp³-hybridized carbons (Fsp3) is 0.585. The summed E-state index contributed by atoms with van der Waals surface area (Å²) in [6.07, 6.45) is 83.1. The molecule has 1 atom stereocenters. The van der Waals surface area contributed by atoms with Crippen LogP contribution in [0.15, 0.2) is 146 Å². The molecule has 1 unspecified atom stereocenters. The van der Waals surface area contributed by atoms with Gasteiger partial charge in [-0.25, -0.2) is 0 Å². The van der Waals surface area contributed by atoms with Crippen molar-refractivity contribution in [3.63, 3.8) is 0 Å². The minimum atomic E-state index is -0.799. The Kier molecular flexibility index (Phi) is 54.0. The summed E-state index contributed by atoms with van der Waals surface area (Å²) in [6, 6.07) is 0. The van der Waals surface area contributed by atoms with Crippen LogP contribution in [0.4, 0.5) is 0 Å². The highest BCUT2D eigenvalue weighted by atomic mass is 16.6. The van der Waals surface area contributed by atoms with Crippen LogP contribution in [0.1, 0.15) is 226 Å². The Balaban J connectivity index is 4.21. The largest absolute Gasteiger partial charge is 0.462 e. The van der Waals surface area contributed by atoms with E-state index in [0.717, 1.165) is 161 Å². The van der Waals surface area contributed by atoms with E-state index in [-0.39, 0.29) is 31.1 Å². The van der Waals surface area contributed by atoms with Gasteiger partial charge in [-0.2, -0.15) is 0 Å². The van der Waals surface area contributed by atoms with Crippen molar-refractivity contribution < 1.29 is 28.6 Å². The number of unbranched alkanes of at least 4 members (excludes halogenated alkanes) is 14. The molecule has 0 saturated carbocycles. The molecular formula is C65H102O6. The predicted molar refractivity (Wildman–Crippen MR) is 306 cm³/mol. The van der Waals surface area contributed by atoms with Gasteiger partial charge in [0.1, 0.15) is 13.2 Å². The van der Waals surface area contributed by atoms with E-state index in [2.05, 4.69) is 167 Å². The molecule has 6 nitrogen and oxygen atoms in total. The van der Waals surface area contributed by atoms with Crippen molar-refractivity contribution in [2.24, 2.45) is 0 Å². The number of carbonyl (C=O) groups is 3. The van der Waals surface area contributed by atoms with Crippen LogP contribution in [0.5, 0.6) is 0 Å². The van der Waals surface area contributed by atoms with Crippen molar-refractivity contribution in [1.82, 2.24) is 0 Å². The first-order chi connectivity index (χ1) is 35.0. The first kappa shape index (κ1) is 66.3. The van der Waals surface area contributed by atoms with Crippen LogP contribution in [0.2, 0.25) is 0 Å². The fourth-order valence-corrected chi connectivity index (χ4v) is 7.15. The van der Waals surface area contributed by atoms with Gasteiger partial charge in [-0.05, 0) is 122 Å². The SMILES string of the molecule is CC/C=C\C/C=C\C/C=C\C/C=C\C/C=C\C/C=C\C/C=C\C/C=C\C/C=C\CCCCCC(=O)OCC(COC(=O)CCCCCCC)OC(=O)CCCCCCCCC/C=C\C/C=C\C/C=C\CC. The molecule has 0 saturated heterocycles. The third-order valence-corrected chi connectivity index (χ3v) is 11.3. The maximum atomic E-state index is 12.8. The summed E-state index contributed by atoms with van der Waals surface area (Å²) < 4.78 is 16.7. The molecule has 0 aliphatic heterocycles. The molecule has 0 heterocycles. The van der Waals surface area contributed by atoms with E-state index in [4.69, 9.17) is 14.2 Å². The van der Waals surface area contributed by atoms with Crippen LogP contribution in [-0.4, -0.2) is 37.2 Å². The second-order valence-electron chi connectivity index (χ2n) is 18.1. The van der Waals surface area contributed by atoms with Crippen molar-refractivity contribution in [2.75, 3.05) is 13.2 Å². The van der Waals surface area contributed by atoms with Gasteiger partial charge in [0.2, 0.25) is 0 Å². The standard InChI is InChI=1S/C65H102O6/c1-4-7-10-13-15-17-19-21-23-25-26-27-28-29-30-31-32-33-34-35-36-37-38-40-41-43-45-47-49-52-55-58-64(67)70-61-62(60-69-63(66)57-54-51-12-9-6-3)71-65(68)59-56-53-50-48-46-44-42-39-24-22-20-18-16-14-11-8-5-2/h7-8,10-11,15-18,21-24,26-27,29-30,32-33,35-36,38,40,43,45,62H,4-6,9,12-14,19-20,25,28,31,34,37,39,41-42,44,46-61H2,1-3H3/b10-7-,11-8-,17-15-,18-16-,23-21-,24-22-,27-26-,30-29-,33-32-,36-35-,40-38-,45-43-. The lowest BCUT2D eigenvalue weighted by Gasteiger charge is -2.18. The summed E-state index contributed by atoms with van der Waals surface area (Å²) >= 11 is 0. The van der Waals surface area contributed by atoms with Gasteiger partial charge in [0.15, 0.2) is 6.10 Å². The quantitative estimate of drug-likeness (QED) is 0.0262. The van der Waals surface area contributed by atoms with Gasteiger partial charge in [0.05, 0.1) is 0 Å². The molecule has 6 heteroatoms. The molecule has 0 spiro atoms. The highest BCUT2D eigenvalue weighted by Gasteiger charge is 2.19. The van der Waals surface area contributed by atoms with Gasteiger partial charge in [0.25, 0.3) is 0 Å². The molecule has 71 heavy (non-hydrogen) atoms. The van der Waals surface area contributed by atoms with Crippen molar-refractivity contribution in [3.05, 3.63) is 146 Å². The average molecular weight is 980 g/mol. The Morgan fingerprint density at radius 3 is 0.873 bits per heavy atom. The molecular weight excluding hydrogens is 877 g/mol. The first-order valence-corrected chi connectivity index (χ1v) is 28.3. The monoisotopic (exact) mass is 979 g/mol. The Labute approximate surface area is 436 Å². The van der Waals surface area contributed by atoms with E-state index in [1.54, 1.807) is 0 Å². The van der Waals surface area contributed by atoms with Crippen LogP contribution < -0.4 is 0 Å². The molecule has 0 aromatic carbocycles. The first-order valence-electron chi connectivity index (χ1n) is 28.3. The third kappa shape index (κ3) is 56.1. The van der Waals surface area contributed by atoms with Gasteiger partial charge in [-0.1, -0.05) is 231 Å². The van der Waals surface area contributed by atoms with E-state index >= 15 is 0 Å². The summed E-state index contributed by atoms with van der Waals surface area (Å²) in [5.74, 6) is -0.966. The molecule has 0 radical (unpaired) electrons. The van der Waals surface area contributed by atoms with Crippen molar-refractivity contribution >= 4 is 17.9 Å². The Bertz CT molecular complexity index is 1590. The van der Waals surface area contributed by atoms with E-state index < -0.39 is 6.10 Å². The minimum absolute atomic E-state index is 0.0986. The van der Waals surface area contributed by atoms with E-state index in [0.29, 0.717) is 19.3 Å². The third-order valence-electron chi connectivity index (χ3n) is 11.3. The Morgan fingerprint density at radius 2 is 0.549 bits per heavy atom. The number of esters is 3. The zero-order chi connectivity index (χ0) is 51.4. The van der Waals surface area contributed by atoms with E-state index in [1.165, 1.54) is 25.7 Å². The number of carbonyl (C=O) groups excluding carboxylic acids is 3. The summed E-state index contributed by atoms with van der Waals surface area (Å²) in [4.78, 5) is 37.8. The van der Waals surface area contributed by atoms with Crippen LogP contribution >= 0.6 is 0 Å². The Hall–Kier alpha value is -4.71. The second-order valence-corrected chi connectivity index (χ2v) is 18.1. The smallest absolute Gasteiger partial charge is 0.306 e. The highest BCUT2D eigenvalue weighted by molar-refractivity contribution is 5.71. The molecule has 0 aliphatic rings. The molecule has 0 aromatic heterocycles. The lowest BCUT2D eigenvalue weighted by atomic mass is 10.1. The van der Waals surface area contributed by atoms with E-state index in [1.807, 2.05) is 0 Å². The maximum absolute atomic E-state index is 12.8. The lowest BCUT2D eigenvalue weighted by Crippen LogP contribution is -2.30. The molecule has 0 aromatic rings. The predicted octanol–water partition coefficient (Wildman–Crippen LogP) is 19.2. The van der Waals surface area contributed by atoms with Crippen LogP contribution in [0.3, 0.4) is 0 Å². The average Bonchev–Trinajstić information content (AvgIpc) is 3.37. The van der Waals surface area contributed by atoms with Gasteiger partial charge < -0.3 is 14.2 Å². The number of allylic oxidation sites excluding steroid dienone is 24. The van der Waals surface area contributed by atoms with Crippen LogP contribution in [0.25, 0.3) is 0 Å². The fourth-order valence-electron chi connectivity index (χ4n) is 7.15. The van der Waals surface area contributed by atoms with Gasteiger partial charge >= 0.3 is 17.9 Å². The van der Waals surface area contributed by atoms with Gasteiger partial charge in [0, 0.05) is 19.3 Å². The minimum Gasteiger partial charge on any atom is -0.462 e. The summed E-state index contributed by atoms with van der Waals surface area (Å²) in [7, 11) is 0. The van der Waals surface area contributed by atoms with Crippen molar-refractivity contribution in [2.45, 2.75) is 232 Å². The molecule has 0 bridgehead atoms. The Morgan fingerprint density at radius 1 is 0.296 bits per heavy atom. The van der Waals surface area contributed by atoms with Gasteiger partial charge in [-0.15, -0.1) is 0 Å². The van der Waals surface area contributed by atoms with Gasteiger partial charge in [-0.3, -0.25) is 14.4 Å². The van der Waals surface area contributed by atoms with Crippen LogP contribution in [-0.2, 0) is 28.6 Å². The van der Waals surface area contributed by atoms with Crippen LogP contribution in [0, 0.1) is 0 Å². The zero-order valence-electron chi connectivity index (χ0n) is 45.4. The number of hydrogen-bond acceptors (Lipinski definition) is 6. The normalized spacial score (nSPS) is 13.2. The molecule has 0 rings (SSSR count). The molecule has 0 N–H and O–H groups in total. The summed E-state index contributed by atoms with van der Waals surface area (Å²) in [6.45, 7) is 6.27. The lowest BCUT2D eigenvalue weighted by molar-refractivity contribution is -0.167. The molecule has 0 fully saturated rings. The topological polar surface area (TPSA) is 78.9 Å². The summed E-state index contributed by atoms with van der Waals surface area (Å²) in [5.41, 5.74) is 0. The van der Waals surface area contributed by atoms with E-state index in [9.17, 15) is 14.4 Å². The second kappa shape index (κ2) is 57.9.